The maximum Gasteiger partial charge on any atom is 0.253 e. The molecular formula is C20H18ClN3O3S. The summed E-state index contributed by atoms with van der Waals surface area (Å²) in [4.78, 5) is 37.7. The predicted octanol–water partition coefficient (Wildman–Crippen LogP) is 3.67. The van der Waals surface area contributed by atoms with E-state index in [2.05, 4.69) is 16.0 Å². The lowest BCUT2D eigenvalue weighted by Crippen LogP contribution is -2.32. The predicted molar refractivity (Wildman–Crippen MR) is 110 cm³/mol. The molecule has 1 atom stereocenters. The van der Waals surface area contributed by atoms with Gasteiger partial charge in [-0.3, -0.25) is 14.4 Å². The van der Waals surface area contributed by atoms with Crippen molar-refractivity contribution in [2.24, 2.45) is 0 Å². The fraction of sp³-hybridized carbons (Fsp3) is 0.250. The van der Waals surface area contributed by atoms with E-state index in [1.165, 1.54) is 11.8 Å². The number of nitrogens with one attached hydrogen (secondary N) is 3. The number of hydrogen-bond donors (Lipinski definition) is 3. The molecule has 0 spiro atoms. The highest BCUT2D eigenvalue weighted by Crippen LogP contribution is 2.36. The topological polar surface area (TPSA) is 87.3 Å². The van der Waals surface area contributed by atoms with Crippen molar-refractivity contribution in [3.8, 4) is 0 Å². The van der Waals surface area contributed by atoms with Crippen molar-refractivity contribution in [1.29, 1.82) is 0 Å². The van der Waals surface area contributed by atoms with Crippen LogP contribution >= 0.6 is 23.4 Å². The zero-order valence-electron chi connectivity index (χ0n) is 14.8. The molecule has 28 heavy (non-hydrogen) atoms. The fourth-order valence-corrected chi connectivity index (χ4v) is 4.25. The van der Waals surface area contributed by atoms with Crippen LogP contribution in [-0.2, 0) is 9.59 Å². The zero-order valence-corrected chi connectivity index (χ0v) is 16.4. The molecule has 144 valence electrons. The molecule has 2 aromatic rings. The SMILES string of the molecule is O=C(CC1Sc2ccccc2NC1=O)Nc1ccc(C(=O)NC2CC2)c(Cl)c1. The van der Waals surface area contributed by atoms with E-state index < -0.39 is 5.25 Å². The molecule has 3 N–H and O–H groups in total. The minimum absolute atomic E-state index is 0.0341. The van der Waals surface area contributed by atoms with Crippen molar-refractivity contribution in [1.82, 2.24) is 5.32 Å². The van der Waals surface area contributed by atoms with Gasteiger partial charge in [0.15, 0.2) is 0 Å². The van der Waals surface area contributed by atoms with Crippen LogP contribution in [0.15, 0.2) is 47.4 Å². The number of benzene rings is 2. The molecule has 4 rings (SSSR count). The molecule has 3 amide bonds. The first-order valence-electron chi connectivity index (χ1n) is 8.96. The molecule has 2 aromatic carbocycles. The van der Waals surface area contributed by atoms with Gasteiger partial charge < -0.3 is 16.0 Å². The quantitative estimate of drug-likeness (QED) is 0.695. The molecule has 8 heteroatoms. The van der Waals surface area contributed by atoms with Crippen molar-refractivity contribution in [3.05, 3.63) is 53.1 Å². The summed E-state index contributed by atoms with van der Waals surface area (Å²) in [5.41, 5.74) is 1.63. The summed E-state index contributed by atoms with van der Waals surface area (Å²) >= 11 is 7.58. The van der Waals surface area contributed by atoms with Crippen LogP contribution in [0.5, 0.6) is 0 Å². The minimum Gasteiger partial charge on any atom is -0.349 e. The Kier molecular flexibility index (Phi) is 5.28. The van der Waals surface area contributed by atoms with Gasteiger partial charge in [0.1, 0.15) is 0 Å². The van der Waals surface area contributed by atoms with Gasteiger partial charge in [-0.05, 0) is 43.2 Å². The summed E-state index contributed by atoms with van der Waals surface area (Å²) in [5.74, 6) is -0.693. The average molecular weight is 416 g/mol. The van der Waals surface area contributed by atoms with Crippen LogP contribution in [-0.4, -0.2) is 29.0 Å². The number of hydrogen-bond acceptors (Lipinski definition) is 4. The van der Waals surface area contributed by atoms with Crippen molar-refractivity contribution in [2.75, 3.05) is 10.6 Å². The lowest BCUT2D eigenvalue weighted by molar-refractivity contribution is -0.120. The van der Waals surface area contributed by atoms with Gasteiger partial charge in [-0.15, -0.1) is 11.8 Å². The van der Waals surface area contributed by atoms with Gasteiger partial charge in [0.2, 0.25) is 11.8 Å². The van der Waals surface area contributed by atoms with Crippen LogP contribution in [0.25, 0.3) is 0 Å². The number of rotatable bonds is 5. The van der Waals surface area contributed by atoms with Crippen molar-refractivity contribution < 1.29 is 14.4 Å². The molecule has 2 aliphatic rings. The van der Waals surface area contributed by atoms with Gasteiger partial charge in [-0.2, -0.15) is 0 Å². The zero-order chi connectivity index (χ0) is 19.7. The largest absolute Gasteiger partial charge is 0.349 e. The standard InChI is InChI=1S/C20H18ClN3O3S/c21-14-9-12(7-8-13(14)19(26)23-11-5-6-11)22-18(25)10-17-20(27)24-15-3-1-2-4-16(15)28-17/h1-4,7-9,11,17H,5-6,10H2,(H,22,25)(H,23,26)(H,24,27). The molecule has 1 fully saturated rings. The molecule has 0 saturated heterocycles. The number of anilines is 2. The Balaban J connectivity index is 1.38. The first kappa shape index (κ1) is 18.8. The molecule has 1 unspecified atom stereocenters. The minimum atomic E-state index is -0.506. The third-order valence-electron chi connectivity index (χ3n) is 4.49. The molecular weight excluding hydrogens is 398 g/mol. The Morgan fingerprint density at radius 3 is 2.71 bits per heavy atom. The van der Waals surface area contributed by atoms with Gasteiger partial charge in [0.05, 0.1) is 21.5 Å². The average Bonchev–Trinajstić information content (AvgIpc) is 3.46. The monoisotopic (exact) mass is 415 g/mol. The van der Waals surface area contributed by atoms with Crippen molar-refractivity contribution >= 4 is 52.5 Å². The number of carbonyl (C=O) groups is 3. The van der Waals surface area contributed by atoms with Crippen LogP contribution in [0.4, 0.5) is 11.4 Å². The Morgan fingerprint density at radius 1 is 1.18 bits per heavy atom. The van der Waals surface area contributed by atoms with Crippen LogP contribution in [0.2, 0.25) is 5.02 Å². The molecule has 1 heterocycles. The van der Waals surface area contributed by atoms with E-state index in [1.807, 2.05) is 24.3 Å². The maximum absolute atomic E-state index is 12.4. The Hall–Kier alpha value is -2.51. The number of para-hydroxylation sites is 1. The second kappa shape index (κ2) is 7.85. The van der Waals surface area contributed by atoms with E-state index in [9.17, 15) is 14.4 Å². The number of carbonyl (C=O) groups excluding carboxylic acids is 3. The molecule has 1 aliphatic heterocycles. The molecule has 0 radical (unpaired) electrons. The number of halogens is 1. The maximum atomic E-state index is 12.4. The molecule has 0 bridgehead atoms. The molecule has 0 aromatic heterocycles. The van der Waals surface area contributed by atoms with E-state index >= 15 is 0 Å². The number of amides is 3. The van der Waals surface area contributed by atoms with E-state index in [0.29, 0.717) is 11.3 Å². The lowest BCUT2D eigenvalue weighted by atomic mass is 10.1. The second-order valence-electron chi connectivity index (χ2n) is 6.79. The Labute approximate surface area is 171 Å². The fourth-order valence-electron chi connectivity index (χ4n) is 2.88. The second-order valence-corrected chi connectivity index (χ2v) is 8.44. The number of thioether (sulfide) groups is 1. The van der Waals surface area contributed by atoms with E-state index in [1.54, 1.807) is 18.2 Å². The van der Waals surface area contributed by atoms with Crippen molar-refractivity contribution in [3.63, 3.8) is 0 Å². The van der Waals surface area contributed by atoms with Crippen LogP contribution in [0.3, 0.4) is 0 Å². The van der Waals surface area contributed by atoms with E-state index in [0.717, 1.165) is 23.4 Å². The third-order valence-corrected chi connectivity index (χ3v) is 6.08. The Morgan fingerprint density at radius 2 is 1.96 bits per heavy atom. The van der Waals surface area contributed by atoms with Crippen molar-refractivity contribution in [2.45, 2.75) is 35.4 Å². The van der Waals surface area contributed by atoms with Crippen LogP contribution in [0.1, 0.15) is 29.6 Å². The first-order chi connectivity index (χ1) is 13.5. The van der Waals surface area contributed by atoms with E-state index in [-0.39, 0.29) is 35.2 Å². The van der Waals surface area contributed by atoms with Gasteiger partial charge in [0.25, 0.3) is 5.91 Å². The van der Waals surface area contributed by atoms with Crippen LogP contribution in [0, 0.1) is 0 Å². The molecule has 1 aliphatic carbocycles. The smallest absolute Gasteiger partial charge is 0.253 e. The molecule has 6 nitrogen and oxygen atoms in total. The Bertz CT molecular complexity index is 961. The van der Waals surface area contributed by atoms with E-state index in [4.69, 9.17) is 11.6 Å². The number of fused-ring (bicyclic) bond motifs is 1. The summed E-state index contributed by atoms with van der Waals surface area (Å²) < 4.78 is 0. The summed E-state index contributed by atoms with van der Waals surface area (Å²) in [7, 11) is 0. The van der Waals surface area contributed by atoms with Gasteiger partial charge in [-0.25, -0.2) is 0 Å². The highest BCUT2D eigenvalue weighted by molar-refractivity contribution is 8.01. The highest BCUT2D eigenvalue weighted by atomic mass is 35.5. The summed E-state index contributed by atoms with van der Waals surface area (Å²) in [6.45, 7) is 0. The van der Waals surface area contributed by atoms with Gasteiger partial charge >= 0.3 is 0 Å². The lowest BCUT2D eigenvalue weighted by Gasteiger charge is -2.23. The van der Waals surface area contributed by atoms with Gasteiger partial charge in [-0.1, -0.05) is 23.7 Å². The molecule has 1 saturated carbocycles. The summed E-state index contributed by atoms with van der Waals surface area (Å²) in [6.07, 6.45) is 2.02. The first-order valence-corrected chi connectivity index (χ1v) is 10.2. The van der Waals surface area contributed by atoms with Crippen LogP contribution < -0.4 is 16.0 Å². The summed E-state index contributed by atoms with van der Waals surface area (Å²) in [6, 6.07) is 12.5. The summed E-state index contributed by atoms with van der Waals surface area (Å²) in [5, 5.41) is 8.22. The van der Waals surface area contributed by atoms with Gasteiger partial charge in [0, 0.05) is 23.0 Å². The third kappa shape index (κ3) is 4.31. The highest BCUT2D eigenvalue weighted by Gasteiger charge is 2.29. The normalized spacial score (nSPS) is 18.0.